The molecule has 3 rings (SSSR count). The number of fused-ring (bicyclic) bond motifs is 1. The summed E-state index contributed by atoms with van der Waals surface area (Å²) >= 11 is 0. The largest absolute Gasteiger partial charge is 0.355 e. The first-order valence-corrected chi connectivity index (χ1v) is 16.4. The molecule has 0 spiro atoms. The van der Waals surface area contributed by atoms with Gasteiger partial charge in [0.05, 0.1) is 12.6 Å². The van der Waals surface area contributed by atoms with Crippen molar-refractivity contribution in [1.82, 2.24) is 26.3 Å². The van der Waals surface area contributed by atoms with Gasteiger partial charge in [-0.3, -0.25) is 24.0 Å². The van der Waals surface area contributed by atoms with Crippen LogP contribution < -0.4 is 21.4 Å². The van der Waals surface area contributed by atoms with Gasteiger partial charge in [-0.25, -0.2) is 0 Å². The van der Waals surface area contributed by atoms with Crippen molar-refractivity contribution < 1.29 is 29.2 Å². The lowest BCUT2D eigenvalue weighted by molar-refractivity contribution is -0.150. The molecule has 0 radical (unpaired) electrons. The van der Waals surface area contributed by atoms with Crippen molar-refractivity contribution in [2.75, 3.05) is 26.2 Å². The lowest BCUT2D eigenvalue weighted by atomic mass is 9.65. The van der Waals surface area contributed by atoms with Gasteiger partial charge in [0, 0.05) is 25.6 Å². The highest BCUT2D eigenvalue weighted by Gasteiger charge is 2.70. The van der Waals surface area contributed by atoms with E-state index in [4.69, 9.17) is 5.21 Å². The zero-order valence-corrected chi connectivity index (χ0v) is 27.5. The Morgan fingerprint density at radius 2 is 1.73 bits per heavy atom. The number of carbonyl (C=O) groups excluding carboxylic acids is 5. The number of hydroxylamine groups is 1. The molecule has 0 bridgehead atoms. The van der Waals surface area contributed by atoms with E-state index < -0.39 is 35.6 Å². The summed E-state index contributed by atoms with van der Waals surface area (Å²) in [4.78, 5) is 68.5. The van der Waals surface area contributed by atoms with Crippen LogP contribution in [0.5, 0.6) is 0 Å². The zero-order chi connectivity index (χ0) is 32.8. The Labute approximate surface area is 262 Å². The molecule has 3 unspecified atom stereocenters. The molecule has 3 fully saturated rings. The third-order valence-corrected chi connectivity index (χ3v) is 10.3. The first-order chi connectivity index (χ1) is 20.7. The molecule has 1 saturated heterocycles. The maximum atomic E-state index is 14.8. The molecule has 1 aliphatic heterocycles. The normalized spacial score (nSPS) is 24.8. The van der Waals surface area contributed by atoms with Crippen molar-refractivity contribution in [2.24, 2.45) is 40.4 Å². The minimum absolute atomic E-state index is 0.0474. The summed E-state index contributed by atoms with van der Waals surface area (Å²) in [6.07, 6.45) is 7.38. The van der Waals surface area contributed by atoms with Crippen LogP contribution in [-0.4, -0.2) is 77.8 Å². The summed E-state index contributed by atoms with van der Waals surface area (Å²) in [6.45, 7) is 16.5. The number of likely N-dealkylation sites (tertiary alicyclic amines) is 1. The van der Waals surface area contributed by atoms with Crippen LogP contribution in [0.3, 0.4) is 0 Å². The lowest BCUT2D eigenvalue weighted by Gasteiger charge is -2.44. The predicted molar refractivity (Wildman–Crippen MR) is 167 cm³/mol. The van der Waals surface area contributed by atoms with Gasteiger partial charge in [0.2, 0.25) is 23.5 Å². The topological polar surface area (TPSA) is 157 Å². The molecule has 3 aliphatic rings. The number of nitrogens with zero attached hydrogens (tertiary/aromatic N) is 1. The minimum atomic E-state index is -0.984. The fraction of sp³-hybridized carbons (Fsp3) is 0.788. The zero-order valence-electron chi connectivity index (χ0n) is 27.5. The van der Waals surface area contributed by atoms with Crippen LogP contribution in [-0.2, 0) is 24.0 Å². The van der Waals surface area contributed by atoms with E-state index in [9.17, 15) is 24.0 Å². The summed E-state index contributed by atoms with van der Waals surface area (Å²) < 4.78 is 0. The highest BCUT2D eigenvalue weighted by molar-refractivity contribution is 6.38. The van der Waals surface area contributed by atoms with Crippen molar-refractivity contribution in [2.45, 2.75) is 98.6 Å². The average molecular weight is 618 g/mol. The molecule has 2 saturated carbocycles. The second-order valence-electron chi connectivity index (χ2n) is 14.6. The Morgan fingerprint density at radius 1 is 1.07 bits per heavy atom. The van der Waals surface area contributed by atoms with Crippen molar-refractivity contribution >= 4 is 29.4 Å². The first kappa shape index (κ1) is 35.7. The van der Waals surface area contributed by atoms with Gasteiger partial charge in [-0.2, -0.15) is 5.48 Å². The van der Waals surface area contributed by atoms with E-state index in [1.807, 2.05) is 12.4 Å². The molecule has 0 aromatic rings. The van der Waals surface area contributed by atoms with Gasteiger partial charge in [-0.15, -0.1) is 6.58 Å². The molecule has 0 aromatic carbocycles. The van der Waals surface area contributed by atoms with Gasteiger partial charge in [0.1, 0.15) is 6.04 Å². The number of amides is 4. The third kappa shape index (κ3) is 8.07. The Balaban J connectivity index is 1.93. The maximum Gasteiger partial charge on any atom is 0.289 e. The molecule has 11 nitrogen and oxygen atoms in total. The Hall–Kier alpha value is -2.79. The SMILES string of the molecule is C=CCNC(=O)C(=O)C(CCC)NC(=O)[C@@H]1[C@@H]2C(CN1C(=O)C(C1CCCCC1)[C@H](CNC(=O)CNO)C(C)(C)C)C2(C)C. The van der Waals surface area contributed by atoms with Gasteiger partial charge >= 0.3 is 0 Å². The highest BCUT2D eigenvalue weighted by Crippen LogP contribution is 2.65. The standard InChI is InChI=1S/C33H55N5O6/c1-8-13-23(28(40)30(42)34-16-9-2)37-29(41)27-26-22(33(26,6)7)19-38(27)31(43)25(20-14-11-10-12-15-20)21(32(3,4)5)17-35-24(39)18-36-44/h9,20-23,25-27,36,44H,2,8,10-19H2,1,3-7H3,(H,34,42)(H,35,39)(H,37,41)/t21-,22?,23?,25?,26-,27-/m0/s1. The molecule has 0 aromatic heterocycles. The molecule has 1 heterocycles. The molecule has 4 amide bonds. The Morgan fingerprint density at radius 3 is 2.30 bits per heavy atom. The van der Waals surface area contributed by atoms with Crippen LogP contribution >= 0.6 is 0 Å². The number of hydrogen-bond acceptors (Lipinski definition) is 7. The first-order valence-electron chi connectivity index (χ1n) is 16.4. The summed E-state index contributed by atoms with van der Waals surface area (Å²) in [6, 6.07) is -1.73. The fourth-order valence-corrected chi connectivity index (χ4v) is 7.76. The van der Waals surface area contributed by atoms with Gasteiger partial charge in [-0.05, 0) is 53.8 Å². The van der Waals surface area contributed by atoms with Crippen LogP contribution in [0.2, 0.25) is 0 Å². The Bertz CT molecular complexity index is 1080. The number of Topliss-reactive ketones (excluding diaryl/α,β-unsaturated/α-hetero) is 1. The van der Waals surface area contributed by atoms with Crippen LogP contribution in [0.15, 0.2) is 12.7 Å². The van der Waals surface area contributed by atoms with Crippen molar-refractivity contribution in [3.8, 4) is 0 Å². The van der Waals surface area contributed by atoms with Crippen molar-refractivity contribution in [1.29, 1.82) is 0 Å². The van der Waals surface area contributed by atoms with Crippen molar-refractivity contribution in [3.63, 3.8) is 0 Å². The smallest absolute Gasteiger partial charge is 0.289 e. The summed E-state index contributed by atoms with van der Waals surface area (Å²) in [5.74, 6) is -2.69. The van der Waals surface area contributed by atoms with E-state index in [1.54, 1.807) is 4.90 Å². The molecule has 44 heavy (non-hydrogen) atoms. The van der Waals surface area contributed by atoms with Gasteiger partial charge < -0.3 is 26.1 Å². The second-order valence-corrected chi connectivity index (χ2v) is 14.6. The molecule has 11 heteroatoms. The second kappa shape index (κ2) is 15.0. The number of carbonyl (C=O) groups is 5. The highest BCUT2D eigenvalue weighted by atomic mass is 16.5. The predicted octanol–water partition coefficient (Wildman–Crippen LogP) is 2.58. The summed E-state index contributed by atoms with van der Waals surface area (Å²) in [5, 5.41) is 17.3. The Kier molecular flexibility index (Phi) is 12.2. The number of piperidine rings is 1. The molecule has 248 valence electrons. The van der Waals surface area contributed by atoms with Crippen LogP contribution in [0.1, 0.15) is 86.5 Å². The van der Waals surface area contributed by atoms with Crippen LogP contribution in [0.4, 0.5) is 0 Å². The molecule has 6 atom stereocenters. The maximum absolute atomic E-state index is 14.8. The monoisotopic (exact) mass is 617 g/mol. The average Bonchev–Trinajstić information content (AvgIpc) is 3.28. The quantitative estimate of drug-likeness (QED) is 0.107. The van der Waals surface area contributed by atoms with E-state index in [0.717, 1.165) is 32.1 Å². The molecular formula is C33H55N5O6. The van der Waals surface area contributed by atoms with Gasteiger partial charge in [0.25, 0.3) is 5.91 Å². The molecular weight excluding hydrogens is 562 g/mol. The number of ketones is 1. The van der Waals surface area contributed by atoms with E-state index >= 15 is 0 Å². The van der Waals surface area contributed by atoms with E-state index in [0.29, 0.717) is 19.4 Å². The van der Waals surface area contributed by atoms with E-state index in [2.05, 4.69) is 57.1 Å². The third-order valence-electron chi connectivity index (χ3n) is 10.3. The number of rotatable bonds is 15. The summed E-state index contributed by atoms with van der Waals surface area (Å²) in [5.41, 5.74) is 1.43. The summed E-state index contributed by atoms with van der Waals surface area (Å²) in [7, 11) is 0. The lowest BCUT2D eigenvalue weighted by Crippen LogP contribution is -2.58. The fourth-order valence-electron chi connectivity index (χ4n) is 7.76. The van der Waals surface area contributed by atoms with E-state index in [-0.39, 0.29) is 66.0 Å². The molecule has 5 N–H and O–H groups in total. The minimum Gasteiger partial charge on any atom is -0.355 e. The number of hydrogen-bond donors (Lipinski definition) is 5. The van der Waals surface area contributed by atoms with Gasteiger partial charge in [0.15, 0.2) is 0 Å². The molecule has 2 aliphatic carbocycles. The van der Waals surface area contributed by atoms with Gasteiger partial charge in [-0.1, -0.05) is 73.3 Å². The van der Waals surface area contributed by atoms with Crippen molar-refractivity contribution in [3.05, 3.63) is 12.7 Å². The van der Waals surface area contributed by atoms with Crippen LogP contribution in [0.25, 0.3) is 0 Å². The van der Waals surface area contributed by atoms with Crippen LogP contribution in [0, 0.1) is 40.4 Å². The number of nitrogens with one attached hydrogen (secondary N) is 4. The van der Waals surface area contributed by atoms with E-state index in [1.165, 1.54) is 6.08 Å².